The standard InChI is InChI=1S/C12H15N/c1-10-7-8-12(13-9-10)11-5-3-2-4-6-11/h3,5,7-9,11H,2,4,6H2,1H3/t11-/m0/s1. The first-order chi connectivity index (χ1) is 6.36. The second-order valence-electron chi connectivity index (χ2n) is 3.73. The lowest BCUT2D eigenvalue weighted by molar-refractivity contribution is 0.641. The van der Waals surface area contributed by atoms with E-state index in [4.69, 9.17) is 0 Å². The molecule has 0 aromatic carbocycles. The van der Waals surface area contributed by atoms with Crippen LogP contribution in [0.25, 0.3) is 0 Å². The molecule has 1 heterocycles. The van der Waals surface area contributed by atoms with E-state index in [0.29, 0.717) is 5.92 Å². The van der Waals surface area contributed by atoms with E-state index in [1.54, 1.807) is 0 Å². The van der Waals surface area contributed by atoms with Crippen LogP contribution in [0.1, 0.15) is 36.4 Å². The Hall–Kier alpha value is -1.11. The largest absolute Gasteiger partial charge is 0.260 e. The van der Waals surface area contributed by atoms with E-state index in [2.05, 4.69) is 36.2 Å². The molecule has 1 aromatic rings. The molecule has 1 aliphatic rings. The molecule has 1 heteroatoms. The summed E-state index contributed by atoms with van der Waals surface area (Å²) in [6, 6.07) is 4.29. The van der Waals surface area contributed by atoms with Gasteiger partial charge >= 0.3 is 0 Å². The number of rotatable bonds is 1. The maximum Gasteiger partial charge on any atom is 0.0472 e. The van der Waals surface area contributed by atoms with Crippen LogP contribution < -0.4 is 0 Å². The van der Waals surface area contributed by atoms with Gasteiger partial charge in [0.25, 0.3) is 0 Å². The van der Waals surface area contributed by atoms with E-state index in [1.807, 2.05) is 6.20 Å². The molecule has 0 amide bonds. The van der Waals surface area contributed by atoms with Gasteiger partial charge in [-0.05, 0) is 37.8 Å². The second kappa shape index (κ2) is 3.73. The molecule has 0 radical (unpaired) electrons. The van der Waals surface area contributed by atoms with Gasteiger partial charge in [-0.3, -0.25) is 4.98 Å². The predicted octanol–water partition coefficient (Wildman–Crippen LogP) is 3.21. The quantitative estimate of drug-likeness (QED) is 0.594. The molecule has 1 atom stereocenters. The summed E-state index contributed by atoms with van der Waals surface area (Å²) in [6.45, 7) is 2.08. The highest BCUT2D eigenvalue weighted by molar-refractivity contribution is 5.20. The van der Waals surface area contributed by atoms with Gasteiger partial charge in [-0.25, -0.2) is 0 Å². The average Bonchev–Trinajstić information content (AvgIpc) is 2.20. The van der Waals surface area contributed by atoms with Crippen molar-refractivity contribution in [2.75, 3.05) is 0 Å². The molecule has 1 aliphatic carbocycles. The van der Waals surface area contributed by atoms with Crippen molar-refractivity contribution in [3.8, 4) is 0 Å². The van der Waals surface area contributed by atoms with E-state index in [0.717, 1.165) is 0 Å². The van der Waals surface area contributed by atoms with Gasteiger partial charge in [-0.2, -0.15) is 0 Å². The molecule has 0 unspecified atom stereocenters. The monoisotopic (exact) mass is 173 g/mol. The van der Waals surface area contributed by atoms with Crippen LogP contribution in [0.2, 0.25) is 0 Å². The second-order valence-corrected chi connectivity index (χ2v) is 3.73. The molecule has 0 aliphatic heterocycles. The van der Waals surface area contributed by atoms with Crippen LogP contribution in [0.15, 0.2) is 30.5 Å². The zero-order valence-electron chi connectivity index (χ0n) is 8.03. The Bertz CT molecular complexity index is 297. The van der Waals surface area contributed by atoms with Gasteiger partial charge in [-0.1, -0.05) is 18.2 Å². The van der Waals surface area contributed by atoms with E-state index < -0.39 is 0 Å². The lowest BCUT2D eigenvalue weighted by Crippen LogP contribution is -2.01. The molecule has 0 saturated carbocycles. The highest BCUT2D eigenvalue weighted by Crippen LogP contribution is 2.25. The minimum Gasteiger partial charge on any atom is -0.260 e. The molecule has 0 bridgehead atoms. The first kappa shape index (κ1) is 8.49. The zero-order chi connectivity index (χ0) is 9.10. The minimum absolute atomic E-state index is 0.564. The van der Waals surface area contributed by atoms with E-state index in [-0.39, 0.29) is 0 Å². The van der Waals surface area contributed by atoms with Crippen molar-refractivity contribution < 1.29 is 0 Å². The van der Waals surface area contributed by atoms with Crippen molar-refractivity contribution in [3.63, 3.8) is 0 Å². The highest BCUT2D eigenvalue weighted by atomic mass is 14.7. The van der Waals surface area contributed by atoms with Crippen LogP contribution in [-0.2, 0) is 0 Å². The molecule has 13 heavy (non-hydrogen) atoms. The van der Waals surface area contributed by atoms with Gasteiger partial charge in [0.2, 0.25) is 0 Å². The number of nitrogens with zero attached hydrogens (tertiary/aromatic N) is 1. The molecular weight excluding hydrogens is 158 g/mol. The normalized spacial score (nSPS) is 21.8. The number of aryl methyl sites for hydroxylation is 1. The summed E-state index contributed by atoms with van der Waals surface area (Å²) in [5, 5.41) is 0. The van der Waals surface area contributed by atoms with E-state index in [1.165, 1.54) is 30.5 Å². The molecule has 0 fully saturated rings. The predicted molar refractivity (Wildman–Crippen MR) is 54.7 cm³/mol. The topological polar surface area (TPSA) is 12.9 Å². The summed E-state index contributed by atoms with van der Waals surface area (Å²) < 4.78 is 0. The maximum absolute atomic E-state index is 4.45. The fourth-order valence-electron chi connectivity index (χ4n) is 1.76. The lowest BCUT2D eigenvalue weighted by Gasteiger charge is -2.15. The highest BCUT2D eigenvalue weighted by Gasteiger charge is 2.11. The van der Waals surface area contributed by atoms with Crippen molar-refractivity contribution in [2.24, 2.45) is 0 Å². The number of pyridine rings is 1. The van der Waals surface area contributed by atoms with Gasteiger partial charge in [0.15, 0.2) is 0 Å². The summed E-state index contributed by atoms with van der Waals surface area (Å²) in [7, 11) is 0. The van der Waals surface area contributed by atoms with Crippen LogP contribution in [-0.4, -0.2) is 4.98 Å². The average molecular weight is 173 g/mol. The molecule has 1 aromatic heterocycles. The molecule has 68 valence electrons. The number of hydrogen-bond donors (Lipinski definition) is 0. The molecule has 0 saturated heterocycles. The Kier molecular flexibility index (Phi) is 2.44. The third-order valence-corrected chi connectivity index (χ3v) is 2.57. The Morgan fingerprint density at radius 2 is 2.31 bits per heavy atom. The third-order valence-electron chi connectivity index (χ3n) is 2.57. The van der Waals surface area contributed by atoms with Crippen LogP contribution in [0.3, 0.4) is 0 Å². The Balaban J connectivity index is 2.19. The SMILES string of the molecule is Cc1ccc([C@H]2C=CCCC2)nc1. The van der Waals surface area contributed by atoms with Crippen molar-refractivity contribution in [2.45, 2.75) is 32.1 Å². The minimum atomic E-state index is 0.564. The van der Waals surface area contributed by atoms with Crippen LogP contribution in [0.5, 0.6) is 0 Å². The number of aromatic nitrogens is 1. The zero-order valence-corrected chi connectivity index (χ0v) is 8.03. The summed E-state index contributed by atoms with van der Waals surface area (Å²) in [4.78, 5) is 4.45. The summed E-state index contributed by atoms with van der Waals surface area (Å²) >= 11 is 0. The van der Waals surface area contributed by atoms with Crippen molar-refractivity contribution in [3.05, 3.63) is 41.7 Å². The summed E-state index contributed by atoms with van der Waals surface area (Å²) in [5.41, 5.74) is 2.46. The van der Waals surface area contributed by atoms with Gasteiger partial charge in [-0.15, -0.1) is 0 Å². The number of hydrogen-bond acceptors (Lipinski definition) is 1. The maximum atomic E-state index is 4.45. The van der Waals surface area contributed by atoms with E-state index in [9.17, 15) is 0 Å². The lowest BCUT2D eigenvalue weighted by atomic mass is 9.92. The van der Waals surface area contributed by atoms with Crippen molar-refractivity contribution in [1.29, 1.82) is 0 Å². The van der Waals surface area contributed by atoms with Crippen LogP contribution in [0, 0.1) is 6.92 Å². The van der Waals surface area contributed by atoms with Crippen LogP contribution >= 0.6 is 0 Å². The first-order valence-corrected chi connectivity index (χ1v) is 4.95. The van der Waals surface area contributed by atoms with E-state index >= 15 is 0 Å². The molecular formula is C12H15N. The smallest absolute Gasteiger partial charge is 0.0472 e. The summed E-state index contributed by atoms with van der Waals surface area (Å²) in [5.74, 6) is 0.564. The Morgan fingerprint density at radius 1 is 1.38 bits per heavy atom. The molecule has 0 spiro atoms. The van der Waals surface area contributed by atoms with Crippen molar-refractivity contribution in [1.82, 2.24) is 4.98 Å². The fraction of sp³-hybridized carbons (Fsp3) is 0.417. The van der Waals surface area contributed by atoms with Crippen LogP contribution in [0.4, 0.5) is 0 Å². The first-order valence-electron chi connectivity index (χ1n) is 4.95. The Morgan fingerprint density at radius 3 is 2.92 bits per heavy atom. The molecule has 1 nitrogen and oxygen atoms in total. The van der Waals surface area contributed by atoms with Crippen molar-refractivity contribution >= 4 is 0 Å². The van der Waals surface area contributed by atoms with Gasteiger partial charge in [0.1, 0.15) is 0 Å². The Labute approximate surface area is 79.5 Å². The molecule has 0 N–H and O–H groups in total. The van der Waals surface area contributed by atoms with Gasteiger partial charge in [0.05, 0.1) is 0 Å². The third kappa shape index (κ3) is 1.97. The summed E-state index contributed by atoms with van der Waals surface area (Å²) in [6.07, 6.45) is 10.3. The molecule has 2 rings (SSSR count). The van der Waals surface area contributed by atoms with Gasteiger partial charge in [0, 0.05) is 17.8 Å². The van der Waals surface area contributed by atoms with Gasteiger partial charge < -0.3 is 0 Å². The number of allylic oxidation sites excluding steroid dienone is 2. The fourth-order valence-corrected chi connectivity index (χ4v) is 1.76.